The molecule has 0 saturated carbocycles. The molecule has 212 valence electrons. The summed E-state index contributed by atoms with van der Waals surface area (Å²) in [5, 5.41) is 20.6. The SMILES string of the molecule is CCOc1cccc(C2/C(=C(\O)c3c(C)nc4ccccn34)C(=O)C(=O)N2c2nnc(SCc3ccc(C)cc3)s2)c1. The smallest absolute Gasteiger partial charge is 0.301 e. The Balaban J connectivity index is 1.44. The Bertz CT molecular complexity index is 1840. The lowest BCUT2D eigenvalue weighted by atomic mass is 9.96. The maximum atomic E-state index is 13.7. The van der Waals surface area contributed by atoms with E-state index in [0.29, 0.717) is 45.0 Å². The first kappa shape index (κ1) is 27.7. The number of hydrogen-bond donors (Lipinski definition) is 1. The van der Waals surface area contributed by atoms with E-state index in [2.05, 4.69) is 39.4 Å². The number of nitrogens with zero attached hydrogens (tertiary/aromatic N) is 5. The van der Waals surface area contributed by atoms with Crippen LogP contribution in [0, 0.1) is 13.8 Å². The van der Waals surface area contributed by atoms with E-state index < -0.39 is 17.7 Å². The highest BCUT2D eigenvalue weighted by Gasteiger charge is 2.49. The maximum Gasteiger partial charge on any atom is 0.301 e. The number of aromatic nitrogens is 4. The fourth-order valence-electron chi connectivity index (χ4n) is 5.00. The first-order valence-corrected chi connectivity index (χ1v) is 15.2. The van der Waals surface area contributed by atoms with Crippen molar-refractivity contribution in [2.45, 2.75) is 36.9 Å². The van der Waals surface area contributed by atoms with Crippen LogP contribution in [0.25, 0.3) is 11.4 Å². The number of imidazole rings is 1. The van der Waals surface area contributed by atoms with Gasteiger partial charge in [-0.2, -0.15) is 0 Å². The van der Waals surface area contributed by atoms with Crippen molar-refractivity contribution in [1.29, 1.82) is 0 Å². The number of carbonyl (C=O) groups excluding carboxylic acids is 2. The topological polar surface area (TPSA) is 110 Å². The molecule has 1 aliphatic heterocycles. The second-order valence-electron chi connectivity index (χ2n) is 9.77. The molecule has 1 N–H and O–H groups in total. The van der Waals surface area contributed by atoms with Crippen molar-refractivity contribution in [2.24, 2.45) is 0 Å². The highest BCUT2D eigenvalue weighted by Crippen LogP contribution is 2.45. The Morgan fingerprint density at radius 3 is 2.64 bits per heavy atom. The average Bonchev–Trinajstić information content (AvgIpc) is 3.66. The van der Waals surface area contributed by atoms with Crippen LogP contribution in [0.1, 0.15) is 41.0 Å². The molecule has 5 aromatic rings. The number of rotatable bonds is 8. The number of aliphatic hydroxyl groups excluding tert-OH is 1. The van der Waals surface area contributed by atoms with E-state index >= 15 is 0 Å². The summed E-state index contributed by atoms with van der Waals surface area (Å²) in [5.41, 5.74) is 4.35. The predicted molar refractivity (Wildman–Crippen MR) is 163 cm³/mol. The van der Waals surface area contributed by atoms with Crippen molar-refractivity contribution in [2.75, 3.05) is 11.5 Å². The van der Waals surface area contributed by atoms with Gasteiger partial charge in [-0.05, 0) is 56.2 Å². The summed E-state index contributed by atoms with van der Waals surface area (Å²) in [7, 11) is 0. The molecule has 0 aliphatic carbocycles. The average molecular weight is 598 g/mol. The minimum Gasteiger partial charge on any atom is -0.505 e. The van der Waals surface area contributed by atoms with Crippen molar-refractivity contribution < 1.29 is 19.4 Å². The monoisotopic (exact) mass is 597 g/mol. The molecule has 3 aromatic heterocycles. The number of amides is 1. The van der Waals surface area contributed by atoms with Gasteiger partial charge in [0.25, 0.3) is 5.78 Å². The van der Waals surface area contributed by atoms with Gasteiger partial charge in [0, 0.05) is 11.9 Å². The van der Waals surface area contributed by atoms with E-state index in [1.54, 1.807) is 41.8 Å². The summed E-state index contributed by atoms with van der Waals surface area (Å²) >= 11 is 2.73. The minimum absolute atomic E-state index is 0.0496. The quantitative estimate of drug-likeness (QED) is 0.0749. The number of ether oxygens (including phenoxy) is 1. The molecule has 1 fully saturated rings. The van der Waals surface area contributed by atoms with Gasteiger partial charge < -0.3 is 9.84 Å². The molecule has 0 bridgehead atoms. The lowest BCUT2D eigenvalue weighted by Crippen LogP contribution is -2.29. The summed E-state index contributed by atoms with van der Waals surface area (Å²) in [6, 6.07) is 19.9. The van der Waals surface area contributed by atoms with Crippen molar-refractivity contribution >= 4 is 51.3 Å². The van der Waals surface area contributed by atoms with Crippen LogP contribution in [0.15, 0.2) is 82.8 Å². The van der Waals surface area contributed by atoms with Crippen LogP contribution >= 0.6 is 23.1 Å². The van der Waals surface area contributed by atoms with E-state index in [0.717, 1.165) is 5.56 Å². The number of fused-ring (bicyclic) bond motifs is 1. The molecule has 42 heavy (non-hydrogen) atoms. The number of anilines is 1. The van der Waals surface area contributed by atoms with Gasteiger partial charge >= 0.3 is 5.91 Å². The normalized spacial score (nSPS) is 16.5. The number of benzene rings is 2. The van der Waals surface area contributed by atoms with Gasteiger partial charge in [-0.25, -0.2) is 4.98 Å². The lowest BCUT2D eigenvalue weighted by Gasteiger charge is -2.23. The Labute approximate surface area is 250 Å². The van der Waals surface area contributed by atoms with Crippen LogP contribution in [0.3, 0.4) is 0 Å². The Kier molecular flexibility index (Phi) is 7.53. The summed E-state index contributed by atoms with van der Waals surface area (Å²) in [6.45, 7) is 6.12. The molecule has 1 amide bonds. The number of thioether (sulfide) groups is 1. The number of aryl methyl sites for hydroxylation is 2. The third-order valence-electron chi connectivity index (χ3n) is 6.94. The summed E-state index contributed by atoms with van der Waals surface area (Å²) in [4.78, 5) is 33.2. The predicted octanol–water partition coefficient (Wildman–Crippen LogP) is 6.12. The van der Waals surface area contributed by atoms with Crippen molar-refractivity contribution in [3.05, 3.63) is 107 Å². The molecule has 1 atom stereocenters. The van der Waals surface area contributed by atoms with Gasteiger partial charge in [-0.1, -0.05) is 71.1 Å². The lowest BCUT2D eigenvalue weighted by molar-refractivity contribution is -0.132. The summed E-state index contributed by atoms with van der Waals surface area (Å²) < 4.78 is 8.09. The van der Waals surface area contributed by atoms with E-state index in [1.165, 1.54) is 33.6 Å². The largest absolute Gasteiger partial charge is 0.505 e. The standard InChI is InChI=1S/C31H27N5O4S2/c1-4-40-22-9-7-8-21(16-22)26-24(27(37)25-19(3)32-23-10-5-6-15-35(23)25)28(38)29(39)36(26)30-33-34-31(42-30)41-17-20-13-11-18(2)12-14-20/h5-16,26,37H,4,17H2,1-3H3/b27-24+. The Morgan fingerprint density at radius 2 is 1.86 bits per heavy atom. The molecule has 1 unspecified atom stereocenters. The molecule has 1 aliphatic rings. The number of Topliss-reactive ketones (excluding diaryl/α,β-unsaturated/α-hetero) is 1. The molecule has 0 radical (unpaired) electrons. The first-order valence-electron chi connectivity index (χ1n) is 13.4. The van der Waals surface area contributed by atoms with E-state index in [4.69, 9.17) is 4.74 Å². The van der Waals surface area contributed by atoms with Gasteiger partial charge in [0.1, 0.15) is 17.1 Å². The number of aliphatic hydroxyl groups is 1. The van der Waals surface area contributed by atoms with Gasteiger partial charge in [-0.3, -0.25) is 18.9 Å². The molecule has 0 spiro atoms. The number of pyridine rings is 1. The van der Waals surface area contributed by atoms with Crippen molar-refractivity contribution in [3.8, 4) is 5.75 Å². The van der Waals surface area contributed by atoms with Crippen LogP contribution in [0.2, 0.25) is 0 Å². The molecule has 6 rings (SSSR count). The third kappa shape index (κ3) is 5.05. The molecule has 2 aromatic carbocycles. The fraction of sp³-hybridized carbons (Fsp3) is 0.194. The van der Waals surface area contributed by atoms with E-state index in [-0.39, 0.29) is 16.5 Å². The Morgan fingerprint density at radius 1 is 1.05 bits per heavy atom. The summed E-state index contributed by atoms with van der Waals surface area (Å²) in [6.07, 6.45) is 1.76. The van der Waals surface area contributed by atoms with Gasteiger partial charge in [0.2, 0.25) is 5.13 Å². The van der Waals surface area contributed by atoms with E-state index in [1.807, 2.05) is 32.0 Å². The van der Waals surface area contributed by atoms with Crippen molar-refractivity contribution in [1.82, 2.24) is 19.6 Å². The highest BCUT2D eigenvalue weighted by molar-refractivity contribution is 8.00. The van der Waals surface area contributed by atoms with Crippen LogP contribution in [0.4, 0.5) is 5.13 Å². The number of ketones is 1. The zero-order chi connectivity index (χ0) is 29.4. The summed E-state index contributed by atoms with van der Waals surface area (Å²) in [5.74, 6) is -0.647. The second-order valence-corrected chi connectivity index (χ2v) is 12.0. The van der Waals surface area contributed by atoms with Crippen LogP contribution < -0.4 is 9.64 Å². The first-order chi connectivity index (χ1) is 20.4. The Hall–Kier alpha value is -4.48. The fourth-order valence-corrected chi connectivity index (χ4v) is 6.82. The van der Waals surface area contributed by atoms with Crippen LogP contribution in [0.5, 0.6) is 5.75 Å². The zero-order valence-corrected chi connectivity index (χ0v) is 24.8. The highest BCUT2D eigenvalue weighted by atomic mass is 32.2. The molecule has 9 nitrogen and oxygen atoms in total. The molecular formula is C31H27N5O4S2. The molecule has 1 saturated heterocycles. The third-order valence-corrected chi connectivity index (χ3v) is 9.07. The number of hydrogen-bond acceptors (Lipinski definition) is 9. The molecule has 11 heteroatoms. The molecule has 4 heterocycles. The molecular weight excluding hydrogens is 571 g/mol. The van der Waals surface area contributed by atoms with Gasteiger partial charge in [-0.15, -0.1) is 10.2 Å². The van der Waals surface area contributed by atoms with Crippen LogP contribution in [-0.2, 0) is 15.3 Å². The zero-order valence-electron chi connectivity index (χ0n) is 23.1. The van der Waals surface area contributed by atoms with Gasteiger partial charge in [0.15, 0.2) is 10.1 Å². The number of carbonyl (C=O) groups is 2. The second kappa shape index (κ2) is 11.4. The van der Waals surface area contributed by atoms with Crippen molar-refractivity contribution in [3.63, 3.8) is 0 Å². The van der Waals surface area contributed by atoms with Gasteiger partial charge in [0.05, 0.1) is 23.9 Å². The minimum atomic E-state index is -0.957. The van der Waals surface area contributed by atoms with E-state index in [9.17, 15) is 14.7 Å². The maximum absolute atomic E-state index is 13.7. The van der Waals surface area contributed by atoms with Crippen LogP contribution in [-0.4, -0.2) is 43.0 Å².